The van der Waals surface area contributed by atoms with Crippen LogP contribution in [0, 0.1) is 6.92 Å². The standard InChI is InChI=1S/C20H18BrN3O2S/c1-12-4-3-5-13(8-12)24-19(16-10-27-11-18(16)23-24)22-20(25)15-9-14(26-2)6-7-17(15)21/h3-9H,10-11H2,1-2H3,(H,22,25). The molecule has 3 aromatic rings. The van der Waals surface area contributed by atoms with Crippen LogP contribution in [-0.2, 0) is 11.5 Å². The van der Waals surface area contributed by atoms with Gasteiger partial charge in [0.05, 0.1) is 24.1 Å². The van der Waals surface area contributed by atoms with Gasteiger partial charge in [-0.3, -0.25) is 4.79 Å². The molecule has 0 spiro atoms. The number of methoxy groups -OCH3 is 1. The third-order valence-electron chi connectivity index (χ3n) is 4.45. The van der Waals surface area contributed by atoms with E-state index in [1.807, 2.05) is 41.9 Å². The number of thioether (sulfide) groups is 1. The molecule has 1 N–H and O–H groups in total. The van der Waals surface area contributed by atoms with E-state index in [1.54, 1.807) is 24.9 Å². The zero-order valence-corrected chi connectivity index (χ0v) is 17.4. The van der Waals surface area contributed by atoms with Crippen LogP contribution < -0.4 is 10.1 Å². The number of nitrogens with one attached hydrogen (secondary N) is 1. The Morgan fingerprint density at radius 1 is 1.26 bits per heavy atom. The highest BCUT2D eigenvalue weighted by Gasteiger charge is 2.25. The topological polar surface area (TPSA) is 56.1 Å². The minimum absolute atomic E-state index is 0.200. The molecule has 0 saturated carbocycles. The lowest BCUT2D eigenvalue weighted by Gasteiger charge is -2.13. The molecule has 1 amide bonds. The molecule has 4 rings (SSSR count). The van der Waals surface area contributed by atoms with E-state index in [9.17, 15) is 4.79 Å². The van der Waals surface area contributed by atoms with Crippen LogP contribution in [0.3, 0.4) is 0 Å². The molecular weight excluding hydrogens is 426 g/mol. The maximum atomic E-state index is 13.0. The maximum absolute atomic E-state index is 13.0. The van der Waals surface area contributed by atoms with Gasteiger partial charge >= 0.3 is 0 Å². The third kappa shape index (κ3) is 3.49. The fraction of sp³-hybridized carbons (Fsp3) is 0.200. The summed E-state index contributed by atoms with van der Waals surface area (Å²) in [6.07, 6.45) is 0. The van der Waals surface area contributed by atoms with E-state index >= 15 is 0 Å². The molecule has 2 aromatic carbocycles. The van der Waals surface area contributed by atoms with Gasteiger partial charge in [-0.2, -0.15) is 16.9 Å². The molecule has 1 aromatic heterocycles. The predicted molar refractivity (Wildman–Crippen MR) is 112 cm³/mol. The van der Waals surface area contributed by atoms with Crippen LogP contribution >= 0.6 is 27.7 Å². The molecule has 1 aliphatic heterocycles. The number of carbonyl (C=O) groups excluding carboxylic acids is 1. The molecule has 0 aliphatic carbocycles. The number of hydrogen-bond acceptors (Lipinski definition) is 4. The molecule has 27 heavy (non-hydrogen) atoms. The van der Waals surface area contributed by atoms with Gasteiger partial charge in [-0.15, -0.1) is 0 Å². The van der Waals surface area contributed by atoms with Crippen molar-refractivity contribution in [1.29, 1.82) is 0 Å². The highest BCUT2D eigenvalue weighted by Crippen LogP contribution is 2.36. The van der Waals surface area contributed by atoms with Crippen molar-refractivity contribution in [2.75, 3.05) is 12.4 Å². The number of benzene rings is 2. The molecule has 0 unspecified atom stereocenters. The number of amides is 1. The lowest BCUT2D eigenvalue weighted by Crippen LogP contribution is -2.17. The van der Waals surface area contributed by atoms with E-state index in [2.05, 4.69) is 27.3 Å². The zero-order valence-electron chi connectivity index (χ0n) is 15.0. The maximum Gasteiger partial charge on any atom is 0.258 e. The fourth-order valence-electron chi connectivity index (χ4n) is 3.07. The summed E-state index contributed by atoms with van der Waals surface area (Å²) in [5.74, 6) is 2.88. The van der Waals surface area contributed by atoms with E-state index in [0.29, 0.717) is 15.8 Å². The monoisotopic (exact) mass is 443 g/mol. The SMILES string of the molecule is COc1ccc(Br)c(C(=O)Nc2c3c(nn2-c2cccc(C)c2)CSC3)c1. The van der Waals surface area contributed by atoms with Crippen molar-refractivity contribution in [3.05, 3.63) is 69.3 Å². The van der Waals surface area contributed by atoms with Crippen LogP contribution in [0.4, 0.5) is 5.82 Å². The first-order valence-electron chi connectivity index (χ1n) is 8.47. The largest absolute Gasteiger partial charge is 0.497 e. The average molecular weight is 444 g/mol. The van der Waals surface area contributed by atoms with E-state index in [1.165, 1.54) is 0 Å². The molecular formula is C20H18BrN3O2S. The average Bonchev–Trinajstić information content (AvgIpc) is 3.24. The summed E-state index contributed by atoms with van der Waals surface area (Å²) in [7, 11) is 1.59. The number of rotatable bonds is 4. The molecule has 0 radical (unpaired) electrons. The Kier molecular flexibility index (Phi) is 4.97. The van der Waals surface area contributed by atoms with Crippen molar-refractivity contribution >= 4 is 39.4 Å². The van der Waals surface area contributed by atoms with Crippen LogP contribution in [0.25, 0.3) is 5.69 Å². The Morgan fingerprint density at radius 2 is 2.11 bits per heavy atom. The Hall–Kier alpha value is -2.25. The van der Waals surface area contributed by atoms with Crippen LogP contribution in [0.15, 0.2) is 46.9 Å². The molecule has 138 valence electrons. The fourth-order valence-corrected chi connectivity index (χ4v) is 4.53. The summed E-state index contributed by atoms with van der Waals surface area (Å²) in [6, 6.07) is 13.4. The van der Waals surface area contributed by atoms with Gasteiger partial charge in [-0.05, 0) is 58.7 Å². The number of aryl methyl sites for hydroxylation is 1. The normalized spacial score (nSPS) is 12.7. The minimum Gasteiger partial charge on any atom is -0.497 e. The number of aromatic nitrogens is 2. The Morgan fingerprint density at radius 3 is 2.89 bits per heavy atom. The Bertz CT molecular complexity index is 1030. The molecule has 0 fully saturated rings. The quantitative estimate of drug-likeness (QED) is 0.619. The first-order chi connectivity index (χ1) is 13.1. The van der Waals surface area contributed by atoms with Gasteiger partial charge in [0.1, 0.15) is 11.6 Å². The van der Waals surface area contributed by atoms with Crippen molar-refractivity contribution in [3.63, 3.8) is 0 Å². The van der Waals surface area contributed by atoms with E-state index in [-0.39, 0.29) is 5.91 Å². The first-order valence-corrected chi connectivity index (χ1v) is 10.4. The van der Waals surface area contributed by atoms with Gasteiger partial charge in [0.15, 0.2) is 0 Å². The van der Waals surface area contributed by atoms with Crippen LogP contribution in [0.1, 0.15) is 27.2 Å². The van der Waals surface area contributed by atoms with E-state index in [0.717, 1.165) is 39.8 Å². The highest BCUT2D eigenvalue weighted by atomic mass is 79.9. The second-order valence-electron chi connectivity index (χ2n) is 6.32. The summed E-state index contributed by atoms with van der Waals surface area (Å²) in [4.78, 5) is 13.0. The van der Waals surface area contributed by atoms with Gasteiger partial charge in [0.25, 0.3) is 5.91 Å². The van der Waals surface area contributed by atoms with Crippen molar-refractivity contribution < 1.29 is 9.53 Å². The van der Waals surface area contributed by atoms with Crippen molar-refractivity contribution in [3.8, 4) is 11.4 Å². The third-order valence-corrected chi connectivity index (χ3v) is 6.11. The van der Waals surface area contributed by atoms with E-state index < -0.39 is 0 Å². The number of hydrogen-bond donors (Lipinski definition) is 1. The first kappa shape index (κ1) is 18.1. The zero-order chi connectivity index (χ0) is 19.0. The van der Waals surface area contributed by atoms with Crippen molar-refractivity contribution in [2.45, 2.75) is 18.4 Å². The Labute approximate surface area is 170 Å². The summed E-state index contributed by atoms with van der Waals surface area (Å²) in [5, 5.41) is 7.83. The minimum atomic E-state index is -0.200. The second kappa shape index (κ2) is 7.40. The summed E-state index contributed by atoms with van der Waals surface area (Å²) in [6.45, 7) is 2.04. The number of ether oxygens (including phenoxy) is 1. The lowest BCUT2D eigenvalue weighted by atomic mass is 10.2. The number of halogens is 1. The second-order valence-corrected chi connectivity index (χ2v) is 8.16. The van der Waals surface area contributed by atoms with Crippen molar-refractivity contribution in [2.24, 2.45) is 0 Å². The smallest absolute Gasteiger partial charge is 0.258 e. The Balaban J connectivity index is 1.75. The number of fused-ring (bicyclic) bond motifs is 1. The molecule has 1 aliphatic rings. The highest BCUT2D eigenvalue weighted by molar-refractivity contribution is 9.10. The van der Waals surface area contributed by atoms with E-state index in [4.69, 9.17) is 9.84 Å². The number of anilines is 1. The summed E-state index contributed by atoms with van der Waals surface area (Å²) < 4.78 is 7.81. The van der Waals surface area contributed by atoms with Gasteiger partial charge in [-0.1, -0.05) is 12.1 Å². The van der Waals surface area contributed by atoms with Gasteiger partial charge in [-0.25, -0.2) is 4.68 Å². The molecule has 0 bridgehead atoms. The van der Waals surface area contributed by atoms with Gasteiger partial charge < -0.3 is 10.1 Å². The van der Waals surface area contributed by atoms with Crippen LogP contribution in [-0.4, -0.2) is 22.8 Å². The van der Waals surface area contributed by atoms with Crippen LogP contribution in [0.5, 0.6) is 5.75 Å². The lowest BCUT2D eigenvalue weighted by molar-refractivity contribution is 0.102. The van der Waals surface area contributed by atoms with Gasteiger partial charge in [0.2, 0.25) is 0 Å². The molecule has 2 heterocycles. The molecule has 0 atom stereocenters. The molecule has 7 heteroatoms. The molecule has 5 nitrogen and oxygen atoms in total. The number of nitrogens with zero attached hydrogens (tertiary/aromatic N) is 2. The molecule has 0 saturated heterocycles. The van der Waals surface area contributed by atoms with Crippen molar-refractivity contribution in [1.82, 2.24) is 9.78 Å². The van der Waals surface area contributed by atoms with Crippen LogP contribution in [0.2, 0.25) is 0 Å². The summed E-state index contributed by atoms with van der Waals surface area (Å²) in [5.41, 5.74) is 4.72. The number of carbonyl (C=O) groups is 1. The predicted octanol–water partition coefficient (Wildman–Crippen LogP) is 4.95. The summed E-state index contributed by atoms with van der Waals surface area (Å²) >= 11 is 5.26. The van der Waals surface area contributed by atoms with Gasteiger partial charge in [0, 0.05) is 21.5 Å².